The molecule has 76 valence electrons. The van der Waals surface area contributed by atoms with Crippen molar-refractivity contribution in [1.82, 2.24) is 15.4 Å². The Hall–Kier alpha value is -1.52. The molecule has 2 heterocycles. The number of amides is 2. The standard InChI is InChI=1S/C9H13N3O2/c1-6-7(2)11-14-8(6)5-12-4-3-10-9(12)13/h3-5H2,1-2H3,(H,10,13). The van der Waals surface area contributed by atoms with Crippen LogP contribution in [0.4, 0.5) is 4.79 Å². The fourth-order valence-corrected chi connectivity index (χ4v) is 1.45. The largest absolute Gasteiger partial charge is 0.359 e. The summed E-state index contributed by atoms with van der Waals surface area (Å²) in [6, 6.07) is -0.0292. The molecule has 0 saturated carbocycles. The molecule has 0 atom stereocenters. The van der Waals surface area contributed by atoms with E-state index in [1.165, 1.54) is 0 Å². The van der Waals surface area contributed by atoms with Gasteiger partial charge in [-0.15, -0.1) is 0 Å². The van der Waals surface area contributed by atoms with E-state index in [1.54, 1.807) is 4.90 Å². The van der Waals surface area contributed by atoms with Gasteiger partial charge in [0.05, 0.1) is 12.2 Å². The van der Waals surface area contributed by atoms with Crippen molar-refractivity contribution in [3.63, 3.8) is 0 Å². The Kier molecular flexibility index (Phi) is 2.15. The molecule has 0 radical (unpaired) electrons. The quantitative estimate of drug-likeness (QED) is 0.760. The van der Waals surface area contributed by atoms with Crippen LogP contribution in [0.5, 0.6) is 0 Å². The van der Waals surface area contributed by atoms with Crippen molar-refractivity contribution in [1.29, 1.82) is 0 Å². The lowest BCUT2D eigenvalue weighted by molar-refractivity contribution is 0.208. The molecule has 5 nitrogen and oxygen atoms in total. The molecule has 0 unspecified atom stereocenters. The molecule has 5 heteroatoms. The summed E-state index contributed by atoms with van der Waals surface area (Å²) in [7, 11) is 0. The molecule has 0 spiro atoms. The van der Waals surface area contributed by atoms with Gasteiger partial charge in [0.25, 0.3) is 0 Å². The van der Waals surface area contributed by atoms with Crippen molar-refractivity contribution in [3.05, 3.63) is 17.0 Å². The van der Waals surface area contributed by atoms with E-state index >= 15 is 0 Å². The van der Waals surface area contributed by atoms with Crippen molar-refractivity contribution in [2.45, 2.75) is 20.4 Å². The van der Waals surface area contributed by atoms with Crippen LogP contribution >= 0.6 is 0 Å². The fraction of sp³-hybridized carbons (Fsp3) is 0.556. The SMILES string of the molecule is Cc1noc(CN2CCNC2=O)c1C. The first-order chi connectivity index (χ1) is 6.68. The lowest BCUT2D eigenvalue weighted by Gasteiger charge is -2.11. The molecule has 1 aromatic heterocycles. The fourth-order valence-electron chi connectivity index (χ4n) is 1.45. The summed E-state index contributed by atoms with van der Waals surface area (Å²) < 4.78 is 5.13. The zero-order valence-corrected chi connectivity index (χ0v) is 8.33. The highest BCUT2D eigenvalue weighted by Crippen LogP contribution is 2.14. The predicted molar refractivity (Wildman–Crippen MR) is 49.8 cm³/mol. The molecular formula is C9H13N3O2. The van der Waals surface area contributed by atoms with Crippen LogP contribution in [0, 0.1) is 13.8 Å². The van der Waals surface area contributed by atoms with Crippen molar-refractivity contribution < 1.29 is 9.32 Å². The molecule has 0 bridgehead atoms. The molecule has 0 aromatic carbocycles. The third-order valence-electron chi connectivity index (χ3n) is 2.53. The summed E-state index contributed by atoms with van der Waals surface area (Å²) >= 11 is 0. The van der Waals surface area contributed by atoms with E-state index in [0.717, 1.165) is 23.6 Å². The van der Waals surface area contributed by atoms with Crippen LogP contribution in [0.3, 0.4) is 0 Å². The molecule has 2 amide bonds. The van der Waals surface area contributed by atoms with E-state index in [1.807, 2.05) is 13.8 Å². The predicted octanol–water partition coefficient (Wildman–Crippen LogP) is 0.817. The van der Waals surface area contributed by atoms with Crippen molar-refractivity contribution in [2.24, 2.45) is 0 Å². The molecule has 1 aromatic rings. The topological polar surface area (TPSA) is 58.4 Å². The van der Waals surface area contributed by atoms with E-state index in [4.69, 9.17) is 4.52 Å². The minimum atomic E-state index is -0.0292. The highest BCUT2D eigenvalue weighted by Gasteiger charge is 2.22. The smallest absolute Gasteiger partial charge is 0.317 e. The van der Waals surface area contributed by atoms with Gasteiger partial charge in [0.1, 0.15) is 0 Å². The maximum Gasteiger partial charge on any atom is 0.317 e. The number of carbonyl (C=O) groups excluding carboxylic acids is 1. The summed E-state index contributed by atoms with van der Waals surface area (Å²) in [6.45, 7) is 5.81. The maximum atomic E-state index is 11.2. The number of carbonyl (C=O) groups is 1. The van der Waals surface area contributed by atoms with E-state index < -0.39 is 0 Å². The normalized spacial score (nSPS) is 16.1. The second-order valence-electron chi connectivity index (χ2n) is 3.47. The minimum absolute atomic E-state index is 0.0292. The molecule has 1 aliphatic rings. The number of urea groups is 1. The van der Waals surface area contributed by atoms with Gasteiger partial charge >= 0.3 is 6.03 Å². The number of aromatic nitrogens is 1. The summed E-state index contributed by atoms with van der Waals surface area (Å²) in [6.07, 6.45) is 0. The Morgan fingerprint density at radius 3 is 2.86 bits per heavy atom. The molecular weight excluding hydrogens is 182 g/mol. The average Bonchev–Trinajstić information content (AvgIpc) is 2.68. The molecule has 14 heavy (non-hydrogen) atoms. The van der Waals surface area contributed by atoms with Gasteiger partial charge in [-0.1, -0.05) is 5.16 Å². The van der Waals surface area contributed by atoms with Gasteiger partial charge in [-0.05, 0) is 13.8 Å². The summed E-state index contributed by atoms with van der Waals surface area (Å²) in [5.74, 6) is 0.777. The highest BCUT2D eigenvalue weighted by molar-refractivity contribution is 5.76. The minimum Gasteiger partial charge on any atom is -0.359 e. The first-order valence-corrected chi connectivity index (χ1v) is 4.63. The van der Waals surface area contributed by atoms with Crippen molar-refractivity contribution in [3.8, 4) is 0 Å². The van der Waals surface area contributed by atoms with Crippen LogP contribution in [0.1, 0.15) is 17.0 Å². The second kappa shape index (κ2) is 3.32. The van der Waals surface area contributed by atoms with Crippen LogP contribution in [0.25, 0.3) is 0 Å². The van der Waals surface area contributed by atoms with Gasteiger partial charge < -0.3 is 14.7 Å². The van der Waals surface area contributed by atoms with Crippen LogP contribution in [0.15, 0.2) is 4.52 Å². The van der Waals surface area contributed by atoms with Crippen LogP contribution in [0.2, 0.25) is 0 Å². The van der Waals surface area contributed by atoms with Gasteiger partial charge in [-0.2, -0.15) is 0 Å². The van der Waals surface area contributed by atoms with Gasteiger partial charge in [-0.25, -0.2) is 4.79 Å². The monoisotopic (exact) mass is 195 g/mol. The zero-order chi connectivity index (χ0) is 10.1. The zero-order valence-electron chi connectivity index (χ0n) is 8.33. The number of nitrogens with zero attached hydrogens (tertiary/aromatic N) is 2. The van der Waals surface area contributed by atoms with Crippen molar-refractivity contribution >= 4 is 6.03 Å². The third kappa shape index (κ3) is 1.45. The average molecular weight is 195 g/mol. The summed E-state index contributed by atoms with van der Waals surface area (Å²) in [4.78, 5) is 13.0. The second-order valence-corrected chi connectivity index (χ2v) is 3.47. The number of aryl methyl sites for hydroxylation is 1. The first-order valence-electron chi connectivity index (χ1n) is 4.63. The lowest BCUT2D eigenvalue weighted by atomic mass is 10.2. The van der Waals surface area contributed by atoms with E-state index in [-0.39, 0.29) is 6.03 Å². The molecule has 1 saturated heterocycles. The molecule has 1 N–H and O–H groups in total. The lowest BCUT2D eigenvalue weighted by Crippen LogP contribution is -2.27. The maximum absolute atomic E-state index is 11.2. The van der Waals surface area contributed by atoms with Gasteiger partial charge in [0, 0.05) is 18.7 Å². The Labute approximate surface area is 82.1 Å². The van der Waals surface area contributed by atoms with E-state index in [9.17, 15) is 4.79 Å². The third-order valence-corrected chi connectivity index (χ3v) is 2.53. The van der Waals surface area contributed by atoms with Gasteiger partial charge in [0.2, 0.25) is 0 Å². The van der Waals surface area contributed by atoms with E-state index in [0.29, 0.717) is 13.1 Å². The Bertz CT molecular complexity index is 359. The summed E-state index contributed by atoms with van der Waals surface area (Å²) in [5, 5.41) is 6.59. The Morgan fingerprint density at radius 1 is 1.57 bits per heavy atom. The summed E-state index contributed by atoms with van der Waals surface area (Å²) in [5.41, 5.74) is 1.92. The molecule has 2 rings (SSSR count). The number of hydrogen-bond acceptors (Lipinski definition) is 3. The van der Waals surface area contributed by atoms with Crippen LogP contribution in [-0.2, 0) is 6.54 Å². The number of nitrogens with one attached hydrogen (secondary N) is 1. The van der Waals surface area contributed by atoms with Crippen LogP contribution < -0.4 is 5.32 Å². The van der Waals surface area contributed by atoms with Gasteiger partial charge in [-0.3, -0.25) is 0 Å². The van der Waals surface area contributed by atoms with Crippen molar-refractivity contribution in [2.75, 3.05) is 13.1 Å². The Balaban J connectivity index is 2.10. The molecule has 0 aliphatic carbocycles. The van der Waals surface area contributed by atoms with Crippen LogP contribution in [-0.4, -0.2) is 29.2 Å². The highest BCUT2D eigenvalue weighted by atomic mass is 16.5. The molecule has 1 fully saturated rings. The van der Waals surface area contributed by atoms with Gasteiger partial charge in [0.15, 0.2) is 5.76 Å². The number of rotatable bonds is 2. The van der Waals surface area contributed by atoms with E-state index in [2.05, 4.69) is 10.5 Å². The molecule has 1 aliphatic heterocycles. The number of hydrogen-bond donors (Lipinski definition) is 1. The first kappa shape index (κ1) is 9.05. The Morgan fingerprint density at radius 2 is 2.36 bits per heavy atom.